The molecule has 0 saturated carbocycles. The molecule has 2 aromatic rings. The zero-order chi connectivity index (χ0) is 14.8. The van der Waals surface area contributed by atoms with Crippen LogP contribution in [-0.4, -0.2) is 4.98 Å². The molecule has 0 aliphatic carbocycles. The Labute approximate surface area is 133 Å². The Morgan fingerprint density at radius 3 is 2.70 bits per heavy atom. The van der Waals surface area contributed by atoms with Gasteiger partial charge in [-0.15, -0.1) is 11.3 Å². The molecule has 0 saturated heterocycles. The lowest BCUT2D eigenvalue weighted by molar-refractivity contribution is 0.556. The summed E-state index contributed by atoms with van der Waals surface area (Å²) >= 11 is 5.26. The summed E-state index contributed by atoms with van der Waals surface area (Å²) in [6, 6.07) is 8.72. The van der Waals surface area contributed by atoms with E-state index in [1.54, 1.807) is 11.3 Å². The topological polar surface area (TPSA) is 24.9 Å². The van der Waals surface area contributed by atoms with E-state index in [1.807, 2.05) is 6.07 Å². The fraction of sp³-hybridized carbons (Fsp3) is 0.438. The first-order chi connectivity index (χ1) is 9.36. The van der Waals surface area contributed by atoms with Crippen LogP contribution >= 0.6 is 27.3 Å². The Balaban J connectivity index is 1.97. The summed E-state index contributed by atoms with van der Waals surface area (Å²) < 4.78 is 1.12. The van der Waals surface area contributed by atoms with Crippen LogP contribution in [0.5, 0.6) is 0 Å². The maximum Gasteiger partial charge on any atom is 0.0982 e. The van der Waals surface area contributed by atoms with Crippen LogP contribution in [0.1, 0.15) is 50.0 Å². The van der Waals surface area contributed by atoms with Crippen molar-refractivity contribution in [3.8, 4) is 0 Å². The predicted octanol–water partition coefficient (Wildman–Crippen LogP) is 5.05. The largest absolute Gasteiger partial charge is 0.305 e. The molecule has 1 atom stereocenters. The van der Waals surface area contributed by atoms with Gasteiger partial charge in [-0.3, -0.25) is 0 Å². The van der Waals surface area contributed by atoms with Gasteiger partial charge in [0.1, 0.15) is 0 Å². The molecule has 1 unspecified atom stereocenters. The van der Waals surface area contributed by atoms with E-state index in [4.69, 9.17) is 4.98 Å². The molecule has 0 aliphatic heterocycles. The van der Waals surface area contributed by atoms with Crippen LogP contribution in [-0.2, 0) is 12.0 Å². The van der Waals surface area contributed by atoms with Gasteiger partial charge in [0.05, 0.1) is 10.7 Å². The lowest BCUT2D eigenvalue weighted by Crippen LogP contribution is -2.18. The van der Waals surface area contributed by atoms with Gasteiger partial charge in [-0.05, 0) is 24.6 Å². The highest BCUT2D eigenvalue weighted by Gasteiger charge is 2.18. The average Bonchev–Trinajstić information content (AvgIpc) is 2.84. The maximum atomic E-state index is 4.71. The number of hydrogen-bond donors (Lipinski definition) is 1. The van der Waals surface area contributed by atoms with Gasteiger partial charge < -0.3 is 5.32 Å². The van der Waals surface area contributed by atoms with Gasteiger partial charge in [-0.2, -0.15) is 0 Å². The van der Waals surface area contributed by atoms with E-state index in [0.29, 0.717) is 6.04 Å². The van der Waals surface area contributed by atoms with Crippen molar-refractivity contribution >= 4 is 27.3 Å². The Hall–Kier alpha value is -0.710. The minimum absolute atomic E-state index is 0.138. The van der Waals surface area contributed by atoms with Crippen molar-refractivity contribution < 1.29 is 0 Å². The number of benzene rings is 1. The van der Waals surface area contributed by atoms with Crippen molar-refractivity contribution in [2.45, 2.75) is 45.7 Å². The number of nitrogens with one attached hydrogen (secondary N) is 1. The summed E-state index contributed by atoms with van der Waals surface area (Å²) in [4.78, 5) is 4.71. The van der Waals surface area contributed by atoms with Gasteiger partial charge in [0.15, 0.2) is 0 Å². The molecule has 4 heteroatoms. The van der Waals surface area contributed by atoms with E-state index in [-0.39, 0.29) is 5.41 Å². The first-order valence-corrected chi connectivity index (χ1v) is 8.47. The van der Waals surface area contributed by atoms with E-state index < -0.39 is 0 Å². The van der Waals surface area contributed by atoms with Crippen LogP contribution in [0.15, 0.2) is 34.1 Å². The second-order valence-electron chi connectivity index (χ2n) is 6.05. The molecule has 2 nitrogen and oxygen atoms in total. The van der Waals surface area contributed by atoms with Crippen LogP contribution in [0, 0.1) is 0 Å². The monoisotopic (exact) mass is 352 g/mol. The third-order valence-corrected chi connectivity index (χ3v) is 4.94. The molecule has 0 aliphatic rings. The van der Waals surface area contributed by atoms with E-state index in [1.165, 1.54) is 10.6 Å². The molecule has 0 spiro atoms. The molecular weight excluding hydrogens is 332 g/mol. The normalized spacial score (nSPS) is 13.4. The molecule has 1 heterocycles. The second-order valence-corrected chi connectivity index (χ2v) is 7.83. The molecule has 0 fully saturated rings. The fourth-order valence-electron chi connectivity index (χ4n) is 1.88. The van der Waals surface area contributed by atoms with Gasteiger partial charge in [-0.25, -0.2) is 4.98 Å². The minimum atomic E-state index is 0.138. The van der Waals surface area contributed by atoms with Crippen molar-refractivity contribution in [3.63, 3.8) is 0 Å². The van der Waals surface area contributed by atoms with Gasteiger partial charge in [0.25, 0.3) is 0 Å². The molecule has 108 valence electrons. The first-order valence-electron chi connectivity index (χ1n) is 6.80. The summed E-state index contributed by atoms with van der Waals surface area (Å²) in [6.07, 6.45) is 0. The van der Waals surface area contributed by atoms with Gasteiger partial charge in [0, 0.05) is 27.9 Å². The highest BCUT2D eigenvalue weighted by Crippen LogP contribution is 2.26. The molecular formula is C16H21BrN2S. The third-order valence-electron chi connectivity index (χ3n) is 3.13. The van der Waals surface area contributed by atoms with Gasteiger partial charge in [0.2, 0.25) is 0 Å². The third kappa shape index (κ3) is 4.14. The fourth-order valence-corrected chi connectivity index (χ4v) is 3.21. The molecule has 0 bridgehead atoms. The zero-order valence-corrected chi connectivity index (χ0v) is 14.8. The molecule has 0 amide bonds. The Morgan fingerprint density at radius 2 is 2.10 bits per heavy atom. The number of hydrogen-bond acceptors (Lipinski definition) is 3. The van der Waals surface area contributed by atoms with Crippen molar-refractivity contribution in [3.05, 3.63) is 50.4 Å². The summed E-state index contributed by atoms with van der Waals surface area (Å²) in [5.41, 5.74) is 2.55. The van der Waals surface area contributed by atoms with Crippen LogP contribution < -0.4 is 5.32 Å². The quantitative estimate of drug-likeness (QED) is 0.832. The minimum Gasteiger partial charge on any atom is -0.305 e. The molecule has 1 N–H and O–H groups in total. The molecule has 2 rings (SSSR count). The van der Waals surface area contributed by atoms with E-state index in [2.05, 4.69) is 72.5 Å². The number of aromatic nitrogens is 1. The van der Waals surface area contributed by atoms with Gasteiger partial charge >= 0.3 is 0 Å². The highest BCUT2D eigenvalue weighted by atomic mass is 79.9. The molecule has 0 radical (unpaired) electrons. The number of rotatable bonds is 4. The molecule has 1 aromatic heterocycles. The summed E-state index contributed by atoms with van der Waals surface area (Å²) in [6.45, 7) is 9.59. The van der Waals surface area contributed by atoms with E-state index in [9.17, 15) is 0 Å². The van der Waals surface area contributed by atoms with E-state index in [0.717, 1.165) is 16.7 Å². The summed E-state index contributed by atoms with van der Waals surface area (Å²) in [7, 11) is 0. The lowest BCUT2D eigenvalue weighted by atomic mass is 9.98. The molecule has 20 heavy (non-hydrogen) atoms. The SMILES string of the molecule is CC(NCc1csc(C(C)(C)C)n1)c1cccc(Br)c1. The van der Waals surface area contributed by atoms with Crippen LogP contribution in [0.3, 0.4) is 0 Å². The summed E-state index contributed by atoms with van der Waals surface area (Å²) in [5, 5.41) is 6.88. The average molecular weight is 353 g/mol. The van der Waals surface area contributed by atoms with Gasteiger partial charge in [-0.1, -0.05) is 48.8 Å². The van der Waals surface area contributed by atoms with Crippen LogP contribution in [0.25, 0.3) is 0 Å². The number of halogens is 1. The smallest absolute Gasteiger partial charge is 0.0982 e. The number of nitrogens with zero attached hydrogens (tertiary/aromatic N) is 1. The van der Waals surface area contributed by atoms with Crippen molar-refractivity contribution in [2.24, 2.45) is 0 Å². The molecule has 1 aromatic carbocycles. The highest BCUT2D eigenvalue weighted by molar-refractivity contribution is 9.10. The van der Waals surface area contributed by atoms with E-state index >= 15 is 0 Å². The zero-order valence-electron chi connectivity index (χ0n) is 12.4. The number of thiazole rings is 1. The Kier molecular flexibility index (Phi) is 4.99. The predicted molar refractivity (Wildman–Crippen MR) is 90.2 cm³/mol. The van der Waals surface area contributed by atoms with Crippen molar-refractivity contribution in [2.75, 3.05) is 0 Å². The standard InChI is InChI=1S/C16H21BrN2S/c1-11(12-6-5-7-13(17)8-12)18-9-14-10-20-15(19-14)16(2,3)4/h5-8,10-11,18H,9H2,1-4H3. The maximum absolute atomic E-state index is 4.71. The van der Waals surface area contributed by atoms with Crippen molar-refractivity contribution in [1.82, 2.24) is 10.3 Å². The second kappa shape index (κ2) is 6.37. The van der Waals surface area contributed by atoms with Crippen molar-refractivity contribution in [1.29, 1.82) is 0 Å². The Bertz CT molecular complexity index is 572. The lowest BCUT2D eigenvalue weighted by Gasteiger charge is -2.15. The first kappa shape index (κ1) is 15.7. The van der Waals surface area contributed by atoms with Crippen LogP contribution in [0.2, 0.25) is 0 Å². The Morgan fingerprint density at radius 1 is 1.35 bits per heavy atom. The van der Waals surface area contributed by atoms with Crippen LogP contribution in [0.4, 0.5) is 0 Å². The summed E-state index contributed by atoms with van der Waals surface area (Å²) in [5.74, 6) is 0.